The molecule has 1 N–H and O–H groups in total. The molecule has 0 heterocycles. The number of hydrogen-bond acceptors (Lipinski definition) is 1. The van der Waals surface area contributed by atoms with E-state index in [0.717, 1.165) is 6.54 Å². The molecule has 1 aliphatic carbocycles. The molecular formula is C14H18BrN. The van der Waals surface area contributed by atoms with Gasteiger partial charge in [-0.15, -0.1) is 0 Å². The van der Waals surface area contributed by atoms with E-state index in [1.807, 2.05) is 0 Å². The predicted molar refractivity (Wildman–Crippen MR) is 72.6 cm³/mol. The fraction of sp³-hybridized carbons (Fsp3) is 0.429. The van der Waals surface area contributed by atoms with Crippen LogP contribution in [0.2, 0.25) is 0 Å². The van der Waals surface area contributed by atoms with Crippen molar-refractivity contribution in [1.82, 2.24) is 5.32 Å². The Bertz CT molecular complexity index is 405. The third-order valence-electron chi connectivity index (χ3n) is 3.09. The number of allylic oxidation sites excluding steroid dienone is 1. The average molecular weight is 280 g/mol. The maximum absolute atomic E-state index is 3.63. The maximum atomic E-state index is 3.63. The molecule has 1 nitrogen and oxygen atoms in total. The predicted octanol–water partition coefficient (Wildman–Crippen LogP) is 3.99. The van der Waals surface area contributed by atoms with E-state index >= 15 is 0 Å². The molecule has 2 heteroatoms. The van der Waals surface area contributed by atoms with Gasteiger partial charge in [-0.3, -0.25) is 0 Å². The number of benzene rings is 1. The molecular weight excluding hydrogens is 262 g/mol. The van der Waals surface area contributed by atoms with Crippen LogP contribution in [-0.2, 0) is 6.42 Å². The number of halogens is 1. The zero-order chi connectivity index (χ0) is 11.5. The maximum Gasteiger partial charge on any atom is 0.0329 e. The second-order valence-corrected chi connectivity index (χ2v) is 5.44. The van der Waals surface area contributed by atoms with Gasteiger partial charge in [0, 0.05) is 17.1 Å². The molecule has 0 radical (unpaired) electrons. The Morgan fingerprint density at radius 3 is 3.06 bits per heavy atom. The lowest BCUT2D eigenvalue weighted by molar-refractivity contribution is 0.563. The zero-order valence-corrected chi connectivity index (χ0v) is 11.5. The van der Waals surface area contributed by atoms with Gasteiger partial charge >= 0.3 is 0 Å². The minimum atomic E-state index is 0.531. The van der Waals surface area contributed by atoms with Crippen molar-refractivity contribution in [3.63, 3.8) is 0 Å². The van der Waals surface area contributed by atoms with Gasteiger partial charge in [0.05, 0.1) is 0 Å². The van der Waals surface area contributed by atoms with Crippen LogP contribution < -0.4 is 5.32 Å². The first-order valence-electron chi connectivity index (χ1n) is 5.82. The van der Waals surface area contributed by atoms with Crippen molar-refractivity contribution < 1.29 is 0 Å². The highest BCUT2D eigenvalue weighted by molar-refractivity contribution is 9.10. The summed E-state index contributed by atoms with van der Waals surface area (Å²) in [6, 6.07) is 7.04. The molecule has 1 aromatic carbocycles. The standard InChI is InChI=1S/C14H18BrN/c1-10(2)8-9-16-14-7-6-11-12(14)4-3-5-13(11)15/h3-5,8,14,16H,6-7,9H2,1-2H3. The number of rotatable bonds is 3. The van der Waals surface area contributed by atoms with Crippen LogP contribution >= 0.6 is 15.9 Å². The molecule has 16 heavy (non-hydrogen) atoms. The van der Waals surface area contributed by atoms with E-state index in [9.17, 15) is 0 Å². The second kappa shape index (κ2) is 5.15. The molecule has 0 fully saturated rings. The summed E-state index contributed by atoms with van der Waals surface area (Å²) in [6.07, 6.45) is 4.65. The van der Waals surface area contributed by atoms with E-state index in [1.165, 1.54) is 34.0 Å². The highest BCUT2D eigenvalue weighted by atomic mass is 79.9. The molecule has 0 saturated carbocycles. The summed E-state index contributed by atoms with van der Waals surface area (Å²) in [5, 5.41) is 3.60. The topological polar surface area (TPSA) is 12.0 Å². The first-order chi connectivity index (χ1) is 7.68. The minimum Gasteiger partial charge on any atom is -0.306 e. The number of hydrogen-bond donors (Lipinski definition) is 1. The molecule has 0 amide bonds. The largest absolute Gasteiger partial charge is 0.306 e. The van der Waals surface area contributed by atoms with Crippen LogP contribution in [0.5, 0.6) is 0 Å². The Morgan fingerprint density at radius 1 is 1.50 bits per heavy atom. The molecule has 2 rings (SSSR count). The van der Waals surface area contributed by atoms with E-state index < -0.39 is 0 Å². The fourth-order valence-corrected chi connectivity index (χ4v) is 2.81. The molecule has 1 atom stereocenters. The first-order valence-corrected chi connectivity index (χ1v) is 6.62. The molecule has 86 valence electrons. The molecule has 1 aliphatic rings. The van der Waals surface area contributed by atoms with Crippen molar-refractivity contribution in [2.75, 3.05) is 6.54 Å². The summed E-state index contributed by atoms with van der Waals surface area (Å²) >= 11 is 3.63. The van der Waals surface area contributed by atoms with Crippen molar-refractivity contribution in [3.8, 4) is 0 Å². The fourth-order valence-electron chi connectivity index (χ4n) is 2.23. The summed E-state index contributed by atoms with van der Waals surface area (Å²) in [5.74, 6) is 0. The first kappa shape index (κ1) is 11.9. The van der Waals surface area contributed by atoms with Crippen molar-refractivity contribution in [1.29, 1.82) is 0 Å². The molecule has 1 aromatic rings. The van der Waals surface area contributed by atoms with Gasteiger partial charge in [0.2, 0.25) is 0 Å². The van der Waals surface area contributed by atoms with Gasteiger partial charge in [-0.05, 0) is 43.9 Å². The highest BCUT2D eigenvalue weighted by Gasteiger charge is 2.22. The summed E-state index contributed by atoms with van der Waals surface area (Å²) in [5.41, 5.74) is 4.33. The SMILES string of the molecule is CC(C)=CCNC1CCc2c(Br)cccc21. The van der Waals surface area contributed by atoms with E-state index in [0.29, 0.717) is 6.04 Å². The van der Waals surface area contributed by atoms with Crippen molar-refractivity contribution in [3.05, 3.63) is 45.4 Å². The van der Waals surface area contributed by atoms with Gasteiger partial charge in [-0.1, -0.05) is 39.7 Å². The van der Waals surface area contributed by atoms with Crippen molar-refractivity contribution in [2.45, 2.75) is 32.7 Å². The third kappa shape index (κ3) is 2.55. The van der Waals surface area contributed by atoms with E-state index in [-0.39, 0.29) is 0 Å². The molecule has 0 saturated heterocycles. The Kier molecular flexibility index (Phi) is 3.82. The monoisotopic (exact) mass is 279 g/mol. The zero-order valence-electron chi connectivity index (χ0n) is 9.89. The lowest BCUT2D eigenvalue weighted by Gasteiger charge is -2.12. The Morgan fingerprint density at radius 2 is 2.31 bits per heavy atom. The van der Waals surface area contributed by atoms with Gasteiger partial charge in [-0.2, -0.15) is 0 Å². The van der Waals surface area contributed by atoms with E-state index in [2.05, 4.69) is 59.4 Å². The van der Waals surface area contributed by atoms with E-state index in [4.69, 9.17) is 0 Å². The Balaban J connectivity index is 2.06. The Labute approximate surface area is 106 Å². The molecule has 1 unspecified atom stereocenters. The Hall–Kier alpha value is -0.600. The van der Waals surface area contributed by atoms with Gasteiger partial charge < -0.3 is 5.32 Å². The summed E-state index contributed by atoms with van der Waals surface area (Å²) < 4.78 is 1.26. The van der Waals surface area contributed by atoms with Crippen LogP contribution in [0.25, 0.3) is 0 Å². The number of nitrogens with one attached hydrogen (secondary N) is 1. The van der Waals surface area contributed by atoms with Gasteiger partial charge in [0.15, 0.2) is 0 Å². The van der Waals surface area contributed by atoms with Crippen LogP contribution in [0.1, 0.15) is 37.4 Å². The third-order valence-corrected chi connectivity index (χ3v) is 3.83. The van der Waals surface area contributed by atoms with Crippen LogP contribution in [-0.4, -0.2) is 6.54 Å². The van der Waals surface area contributed by atoms with Crippen molar-refractivity contribution >= 4 is 15.9 Å². The second-order valence-electron chi connectivity index (χ2n) is 4.59. The van der Waals surface area contributed by atoms with Gasteiger partial charge in [0.1, 0.15) is 0 Å². The average Bonchev–Trinajstić information content (AvgIpc) is 2.63. The lowest BCUT2D eigenvalue weighted by Crippen LogP contribution is -2.19. The van der Waals surface area contributed by atoms with Crippen LogP contribution in [0.4, 0.5) is 0 Å². The van der Waals surface area contributed by atoms with Crippen LogP contribution in [0.15, 0.2) is 34.3 Å². The quantitative estimate of drug-likeness (QED) is 0.825. The molecule has 0 spiro atoms. The summed E-state index contributed by atoms with van der Waals surface area (Å²) in [6.45, 7) is 5.25. The van der Waals surface area contributed by atoms with Gasteiger partial charge in [-0.25, -0.2) is 0 Å². The van der Waals surface area contributed by atoms with Crippen molar-refractivity contribution in [2.24, 2.45) is 0 Å². The number of fused-ring (bicyclic) bond motifs is 1. The van der Waals surface area contributed by atoms with Gasteiger partial charge in [0.25, 0.3) is 0 Å². The van der Waals surface area contributed by atoms with Crippen LogP contribution in [0.3, 0.4) is 0 Å². The summed E-state index contributed by atoms with van der Waals surface area (Å²) in [4.78, 5) is 0. The molecule has 0 aliphatic heterocycles. The minimum absolute atomic E-state index is 0.531. The normalized spacial score (nSPS) is 18.3. The summed E-state index contributed by atoms with van der Waals surface area (Å²) in [7, 11) is 0. The molecule has 0 aromatic heterocycles. The highest BCUT2D eigenvalue weighted by Crippen LogP contribution is 2.35. The smallest absolute Gasteiger partial charge is 0.0329 e. The lowest BCUT2D eigenvalue weighted by atomic mass is 10.1. The molecule has 0 bridgehead atoms. The van der Waals surface area contributed by atoms with Crippen LogP contribution in [0, 0.1) is 0 Å². The van der Waals surface area contributed by atoms with E-state index in [1.54, 1.807) is 0 Å².